The fourth-order valence-electron chi connectivity index (χ4n) is 2.37. The second-order valence-corrected chi connectivity index (χ2v) is 6.28. The highest BCUT2D eigenvalue weighted by Gasteiger charge is 2.23. The van der Waals surface area contributed by atoms with Gasteiger partial charge in [-0.05, 0) is 30.4 Å². The molecule has 4 rings (SSSR count). The van der Waals surface area contributed by atoms with Gasteiger partial charge in [0.25, 0.3) is 0 Å². The summed E-state index contributed by atoms with van der Waals surface area (Å²) in [5.41, 5.74) is 3.13. The number of carbonyl (C=O) groups is 1. The molecule has 3 aromatic rings. The van der Waals surface area contributed by atoms with Crippen molar-refractivity contribution in [2.45, 2.75) is 25.2 Å². The quantitative estimate of drug-likeness (QED) is 0.800. The monoisotopic (exact) mass is 300 g/mol. The summed E-state index contributed by atoms with van der Waals surface area (Å²) in [4.78, 5) is 15.3. The molecule has 0 aromatic carbocycles. The Morgan fingerprint density at radius 1 is 1.33 bits per heavy atom. The van der Waals surface area contributed by atoms with Crippen LogP contribution in [0.25, 0.3) is 5.65 Å². The van der Waals surface area contributed by atoms with E-state index in [0.29, 0.717) is 17.3 Å². The van der Waals surface area contributed by atoms with Crippen molar-refractivity contribution in [1.82, 2.24) is 19.6 Å². The molecule has 7 heteroatoms. The lowest BCUT2D eigenvalue weighted by atomic mass is 10.2. The molecule has 3 aromatic heterocycles. The van der Waals surface area contributed by atoms with Crippen LogP contribution in [0.5, 0.6) is 0 Å². The summed E-state index contributed by atoms with van der Waals surface area (Å²) >= 11 is 1.09. The number of carboxylic acid groups (broad SMARTS) is 1. The van der Waals surface area contributed by atoms with Crippen molar-refractivity contribution < 1.29 is 9.90 Å². The first kappa shape index (κ1) is 12.5. The second-order valence-electron chi connectivity index (χ2n) is 5.22. The second kappa shape index (κ2) is 4.63. The maximum Gasteiger partial charge on any atom is 0.367 e. The zero-order valence-corrected chi connectivity index (χ0v) is 11.9. The van der Waals surface area contributed by atoms with Crippen LogP contribution in [-0.2, 0) is 6.42 Å². The van der Waals surface area contributed by atoms with Crippen LogP contribution < -0.4 is 0 Å². The van der Waals surface area contributed by atoms with Crippen molar-refractivity contribution in [3.8, 4) is 0 Å². The molecule has 0 aliphatic heterocycles. The van der Waals surface area contributed by atoms with Gasteiger partial charge in [0.05, 0.1) is 5.69 Å². The smallest absolute Gasteiger partial charge is 0.367 e. The van der Waals surface area contributed by atoms with Gasteiger partial charge in [-0.1, -0.05) is 17.4 Å². The first-order valence-electron chi connectivity index (χ1n) is 6.72. The molecule has 0 spiro atoms. The third-order valence-corrected chi connectivity index (χ3v) is 4.47. The van der Waals surface area contributed by atoms with E-state index in [1.807, 2.05) is 16.7 Å². The van der Waals surface area contributed by atoms with Gasteiger partial charge in [-0.3, -0.25) is 0 Å². The Kier molecular flexibility index (Phi) is 2.75. The molecule has 106 valence electrons. The van der Waals surface area contributed by atoms with Gasteiger partial charge in [0, 0.05) is 18.8 Å². The molecule has 1 saturated carbocycles. The summed E-state index contributed by atoms with van der Waals surface area (Å²) in [6.07, 6.45) is 7.16. The Morgan fingerprint density at radius 2 is 2.19 bits per heavy atom. The fraction of sp³-hybridized carbons (Fsp3) is 0.286. The number of imidazole rings is 1. The van der Waals surface area contributed by atoms with Crippen molar-refractivity contribution in [1.29, 1.82) is 0 Å². The molecule has 1 fully saturated rings. The third-order valence-electron chi connectivity index (χ3n) is 3.55. The Hall–Kier alpha value is -2.28. The molecule has 3 heterocycles. The number of aromatic carboxylic acids is 1. The zero-order chi connectivity index (χ0) is 14.4. The van der Waals surface area contributed by atoms with Crippen LogP contribution in [0.1, 0.15) is 44.8 Å². The van der Waals surface area contributed by atoms with Crippen molar-refractivity contribution >= 4 is 23.0 Å². The molecule has 0 unspecified atom stereocenters. The molecule has 0 bridgehead atoms. The van der Waals surface area contributed by atoms with Gasteiger partial charge in [0.2, 0.25) is 5.01 Å². The average Bonchev–Trinajstić information content (AvgIpc) is 3.07. The minimum absolute atomic E-state index is 0.0183. The Labute approximate surface area is 124 Å². The van der Waals surface area contributed by atoms with Gasteiger partial charge in [-0.25, -0.2) is 9.78 Å². The summed E-state index contributed by atoms with van der Waals surface area (Å²) < 4.78 is 2.03. The molecule has 1 aliphatic rings. The van der Waals surface area contributed by atoms with E-state index in [9.17, 15) is 4.79 Å². The van der Waals surface area contributed by atoms with Crippen LogP contribution in [0.4, 0.5) is 0 Å². The lowest BCUT2D eigenvalue weighted by Crippen LogP contribution is -1.93. The Morgan fingerprint density at radius 3 is 2.90 bits per heavy atom. The summed E-state index contributed by atoms with van der Waals surface area (Å²) in [6, 6.07) is 4.16. The molecule has 0 amide bonds. The lowest BCUT2D eigenvalue weighted by molar-refractivity contribution is 0.0695. The molecule has 1 aliphatic carbocycles. The van der Waals surface area contributed by atoms with Gasteiger partial charge in [0.1, 0.15) is 10.7 Å². The minimum Gasteiger partial charge on any atom is -0.476 e. The van der Waals surface area contributed by atoms with E-state index in [-0.39, 0.29) is 5.01 Å². The molecule has 21 heavy (non-hydrogen) atoms. The molecule has 0 atom stereocenters. The number of aromatic nitrogens is 4. The number of hydrogen-bond donors (Lipinski definition) is 1. The predicted molar refractivity (Wildman–Crippen MR) is 76.8 cm³/mol. The summed E-state index contributed by atoms with van der Waals surface area (Å²) in [6.45, 7) is 0. The Bertz CT molecular complexity index is 834. The van der Waals surface area contributed by atoms with E-state index in [4.69, 9.17) is 5.11 Å². The molecule has 6 nitrogen and oxygen atoms in total. The van der Waals surface area contributed by atoms with Gasteiger partial charge in [0.15, 0.2) is 0 Å². The van der Waals surface area contributed by atoms with Gasteiger partial charge >= 0.3 is 5.97 Å². The first-order valence-corrected chi connectivity index (χ1v) is 7.54. The lowest BCUT2D eigenvalue weighted by Gasteiger charge is -1.98. The van der Waals surface area contributed by atoms with Crippen LogP contribution in [0.2, 0.25) is 0 Å². The maximum atomic E-state index is 10.8. The molecular formula is C14H12N4O2S. The van der Waals surface area contributed by atoms with E-state index in [1.165, 1.54) is 18.4 Å². The number of hydrogen-bond acceptors (Lipinski definition) is 5. The predicted octanol–water partition coefficient (Wildman–Crippen LogP) is 2.35. The van der Waals surface area contributed by atoms with E-state index in [2.05, 4.69) is 27.4 Å². The number of fused-ring (bicyclic) bond motifs is 1. The number of rotatable bonds is 4. The van der Waals surface area contributed by atoms with E-state index < -0.39 is 5.97 Å². The fourth-order valence-corrected chi connectivity index (χ4v) is 3.07. The highest BCUT2D eigenvalue weighted by Crippen LogP contribution is 2.39. The molecule has 0 saturated heterocycles. The van der Waals surface area contributed by atoms with Crippen LogP contribution in [0.15, 0.2) is 24.5 Å². The van der Waals surface area contributed by atoms with Crippen molar-refractivity contribution in [3.05, 3.63) is 45.8 Å². The van der Waals surface area contributed by atoms with Crippen molar-refractivity contribution in [3.63, 3.8) is 0 Å². The maximum absolute atomic E-state index is 10.8. The van der Waals surface area contributed by atoms with Crippen LogP contribution in [-0.4, -0.2) is 30.7 Å². The first-order chi connectivity index (χ1) is 10.2. The molecular weight excluding hydrogens is 288 g/mol. The van der Waals surface area contributed by atoms with Crippen molar-refractivity contribution in [2.75, 3.05) is 0 Å². The van der Waals surface area contributed by atoms with Gasteiger partial charge in [-0.15, -0.1) is 10.2 Å². The summed E-state index contributed by atoms with van der Waals surface area (Å²) in [5, 5.41) is 17.1. The highest BCUT2D eigenvalue weighted by atomic mass is 32.1. The zero-order valence-electron chi connectivity index (χ0n) is 11.1. The van der Waals surface area contributed by atoms with Crippen LogP contribution in [0, 0.1) is 0 Å². The Balaban J connectivity index is 1.61. The standard InChI is InChI=1S/C14H12N4O2S/c19-14(20)13-17-16-12(21-13)5-10-7-18-6-9(8-1-2-8)3-4-11(18)15-10/h3-4,6-8H,1-2,5H2,(H,19,20). The number of pyridine rings is 1. The summed E-state index contributed by atoms with van der Waals surface area (Å²) in [7, 11) is 0. The SMILES string of the molecule is O=C(O)c1nnc(Cc2cn3cc(C4CC4)ccc3n2)s1. The van der Waals surface area contributed by atoms with E-state index in [1.54, 1.807) is 0 Å². The van der Waals surface area contributed by atoms with Crippen LogP contribution in [0.3, 0.4) is 0 Å². The van der Waals surface area contributed by atoms with Crippen molar-refractivity contribution in [2.24, 2.45) is 0 Å². The van der Waals surface area contributed by atoms with E-state index in [0.717, 1.165) is 22.7 Å². The minimum atomic E-state index is -1.04. The number of nitrogens with zero attached hydrogens (tertiary/aromatic N) is 4. The molecule has 0 radical (unpaired) electrons. The van der Waals surface area contributed by atoms with Gasteiger partial charge in [-0.2, -0.15) is 0 Å². The van der Waals surface area contributed by atoms with Crippen LogP contribution >= 0.6 is 11.3 Å². The third kappa shape index (κ3) is 2.40. The normalized spacial score (nSPS) is 14.7. The average molecular weight is 300 g/mol. The summed E-state index contributed by atoms with van der Waals surface area (Å²) in [5.74, 6) is -0.329. The number of carboxylic acids is 1. The topological polar surface area (TPSA) is 80.4 Å². The largest absolute Gasteiger partial charge is 0.476 e. The molecule has 1 N–H and O–H groups in total. The highest BCUT2D eigenvalue weighted by molar-refractivity contribution is 7.13. The van der Waals surface area contributed by atoms with E-state index >= 15 is 0 Å². The van der Waals surface area contributed by atoms with Gasteiger partial charge < -0.3 is 9.51 Å².